The molecule has 0 radical (unpaired) electrons. The molecule has 0 aliphatic rings. The number of carbonyl (C=O) groups is 1. The van der Waals surface area contributed by atoms with E-state index in [0.29, 0.717) is 13.1 Å². The van der Waals surface area contributed by atoms with Crippen LogP contribution in [0.4, 0.5) is 0 Å². The fourth-order valence-corrected chi connectivity index (χ4v) is 2.43. The molecule has 0 saturated carbocycles. The van der Waals surface area contributed by atoms with Gasteiger partial charge in [0.25, 0.3) is 0 Å². The van der Waals surface area contributed by atoms with E-state index in [9.17, 15) is 4.79 Å². The number of carbonyl (C=O) groups excluding carboxylic acids is 1. The summed E-state index contributed by atoms with van der Waals surface area (Å²) in [6.45, 7) is 11.7. The molecule has 142 valence electrons. The summed E-state index contributed by atoms with van der Waals surface area (Å²) >= 11 is 0. The Morgan fingerprint density at radius 3 is 1.76 bits per heavy atom. The molecule has 0 saturated heterocycles. The first kappa shape index (κ1) is 23.4. The molecule has 0 aromatic rings. The Labute approximate surface area is 155 Å². The van der Waals surface area contributed by atoms with Gasteiger partial charge in [-0.25, -0.2) is 0 Å². The van der Waals surface area contributed by atoms with E-state index in [4.69, 9.17) is 5.73 Å². The van der Waals surface area contributed by atoms with Crippen molar-refractivity contribution in [2.75, 3.05) is 13.1 Å². The zero-order chi connectivity index (χ0) is 19.1. The highest BCUT2D eigenvalue weighted by atomic mass is 16.1. The minimum absolute atomic E-state index is 0.0441. The molecule has 0 spiro atoms. The normalized spacial score (nSPS) is 13.0. The molecule has 0 aliphatic heterocycles. The smallest absolute Gasteiger partial charge is 0.243 e. The molecule has 0 heterocycles. The van der Waals surface area contributed by atoms with Crippen LogP contribution in [0, 0.1) is 0 Å². The maximum atomic E-state index is 11.6. The van der Waals surface area contributed by atoms with Gasteiger partial charge in [0.05, 0.1) is 0 Å². The summed E-state index contributed by atoms with van der Waals surface area (Å²) in [6.07, 6.45) is 15.1. The quantitative estimate of drug-likeness (QED) is 0.376. The van der Waals surface area contributed by atoms with Crippen molar-refractivity contribution in [1.29, 1.82) is 0 Å². The third-order valence-corrected chi connectivity index (χ3v) is 3.98. The van der Waals surface area contributed by atoms with Crippen LogP contribution in [0.25, 0.3) is 0 Å². The lowest BCUT2D eigenvalue weighted by molar-refractivity contribution is -0.116. The van der Waals surface area contributed by atoms with Gasteiger partial charge in [-0.3, -0.25) is 4.79 Å². The maximum Gasteiger partial charge on any atom is 0.243 e. The van der Waals surface area contributed by atoms with Crippen LogP contribution in [0.1, 0.15) is 73.1 Å². The molecule has 0 unspecified atom stereocenters. The van der Waals surface area contributed by atoms with Gasteiger partial charge in [-0.15, -0.1) is 0 Å². The van der Waals surface area contributed by atoms with E-state index in [0.717, 1.165) is 44.1 Å². The summed E-state index contributed by atoms with van der Waals surface area (Å²) in [5.41, 5.74) is 10.8. The average Bonchev–Trinajstić information content (AvgIpc) is 2.52. The highest BCUT2D eigenvalue weighted by Crippen LogP contribution is 2.13. The molecule has 0 rings (SSSR count). The predicted molar refractivity (Wildman–Crippen MR) is 110 cm³/mol. The molecule has 0 fully saturated rings. The minimum Gasteiger partial charge on any atom is -0.351 e. The van der Waals surface area contributed by atoms with Crippen molar-refractivity contribution in [3.63, 3.8) is 0 Å². The summed E-state index contributed by atoms with van der Waals surface area (Å²) in [6, 6.07) is 0. The first-order chi connectivity index (χ1) is 11.8. The van der Waals surface area contributed by atoms with Gasteiger partial charge >= 0.3 is 0 Å². The molecule has 25 heavy (non-hydrogen) atoms. The molecular formula is C22H38N2O. The van der Waals surface area contributed by atoms with Gasteiger partial charge in [-0.2, -0.15) is 0 Å². The monoisotopic (exact) mass is 346 g/mol. The fraction of sp³-hybridized carbons (Fsp3) is 0.591. The van der Waals surface area contributed by atoms with Gasteiger partial charge in [-0.05, 0) is 73.1 Å². The van der Waals surface area contributed by atoms with Crippen molar-refractivity contribution >= 4 is 5.91 Å². The molecular weight excluding hydrogens is 308 g/mol. The second kappa shape index (κ2) is 14.7. The molecule has 0 bridgehead atoms. The number of rotatable bonds is 12. The van der Waals surface area contributed by atoms with Crippen molar-refractivity contribution in [3.05, 3.63) is 46.6 Å². The number of hydrogen-bond donors (Lipinski definition) is 2. The molecule has 0 aromatic carbocycles. The van der Waals surface area contributed by atoms with E-state index in [1.165, 1.54) is 16.7 Å². The van der Waals surface area contributed by atoms with Crippen LogP contribution in [-0.4, -0.2) is 19.0 Å². The maximum absolute atomic E-state index is 11.6. The summed E-state index contributed by atoms with van der Waals surface area (Å²) in [4.78, 5) is 11.6. The number of allylic oxidation sites excluding steroid dienone is 7. The first-order valence-electron chi connectivity index (χ1n) is 9.44. The lowest BCUT2D eigenvalue weighted by Crippen LogP contribution is -2.27. The van der Waals surface area contributed by atoms with Crippen LogP contribution < -0.4 is 11.1 Å². The fourth-order valence-electron chi connectivity index (χ4n) is 2.43. The standard InChI is InChI=1S/C22H38N2O/c1-18(2)9-6-10-19(3)11-7-12-20(4)13-8-14-21(5)17-22(25)24-16-15-23/h9,11,13,17H,6-8,10,12,14-16,23H2,1-5H3,(H,24,25). The average molecular weight is 347 g/mol. The van der Waals surface area contributed by atoms with E-state index < -0.39 is 0 Å². The van der Waals surface area contributed by atoms with E-state index in [1.54, 1.807) is 6.08 Å². The van der Waals surface area contributed by atoms with Crippen LogP contribution in [0.15, 0.2) is 46.6 Å². The number of amides is 1. The lowest BCUT2D eigenvalue weighted by Gasteiger charge is -2.03. The SMILES string of the molecule is CC(C)=CCCC(C)=CCCC(C)=CCCC(C)=CC(=O)NCCN. The van der Waals surface area contributed by atoms with Gasteiger partial charge in [0, 0.05) is 19.2 Å². The third kappa shape index (κ3) is 15.6. The Balaban J connectivity index is 4.07. The largest absolute Gasteiger partial charge is 0.351 e. The Bertz CT molecular complexity index is 506. The summed E-state index contributed by atoms with van der Waals surface area (Å²) in [5, 5.41) is 2.76. The molecule has 0 aromatic heterocycles. The van der Waals surface area contributed by atoms with Crippen molar-refractivity contribution in [1.82, 2.24) is 5.32 Å². The van der Waals surface area contributed by atoms with E-state index >= 15 is 0 Å². The highest BCUT2D eigenvalue weighted by Gasteiger charge is 1.97. The van der Waals surface area contributed by atoms with E-state index in [2.05, 4.69) is 51.2 Å². The topological polar surface area (TPSA) is 55.1 Å². The van der Waals surface area contributed by atoms with Crippen LogP contribution in [0.3, 0.4) is 0 Å². The number of hydrogen-bond acceptors (Lipinski definition) is 2. The van der Waals surface area contributed by atoms with E-state index in [-0.39, 0.29) is 5.91 Å². The van der Waals surface area contributed by atoms with Gasteiger partial charge < -0.3 is 11.1 Å². The van der Waals surface area contributed by atoms with Gasteiger partial charge in [-0.1, -0.05) is 40.5 Å². The highest BCUT2D eigenvalue weighted by molar-refractivity contribution is 5.88. The summed E-state index contributed by atoms with van der Waals surface area (Å²) in [7, 11) is 0. The number of nitrogens with one attached hydrogen (secondary N) is 1. The van der Waals surface area contributed by atoms with Crippen LogP contribution >= 0.6 is 0 Å². The predicted octanol–water partition coefficient (Wildman–Crippen LogP) is 5.21. The molecule has 0 atom stereocenters. The summed E-state index contributed by atoms with van der Waals surface area (Å²) < 4.78 is 0. The summed E-state index contributed by atoms with van der Waals surface area (Å²) in [5.74, 6) is -0.0441. The van der Waals surface area contributed by atoms with Crippen LogP contribution in [-0.2, 0) is 4.79 Å². The molecule has 3 nitrogen and oxygen atoms in total. The molecule has 3 heteroatoms. The van der Waals surface area contributed by atoms with Crippen LogP contribution in [0.2, 0.25) is 0 Å². The second-order valence-corrected chi connectivity index (χ2v) is 7.07. The Morgan fingerprint density at radius 1 is 0.800 bits per heavy atom. The van der Waals surface area contributed by atoms with Crippen molar-refractivity contribution < 1.29 is 4.79 Å². The van der Waals surface area contributed by atoms with Crippen molar-refractivity contribution in [2.24, 2.45) is 5.73 Å². The molecule has 0 aliphatic carbocycles. The first-order valence-corrected chi connectivity index (χ1v) is 9.44. The van der Waals surface area contributed by atoms with E-state index in [1.807, 2.05) is 6.92 Å². The molecule has 3 N–H and O–H groups in total. The van der Waals surface area contributed by atoms with Gasteiger partial charge in [0.15, 0.2) is 0 Å². The zero-order valence-corrected chi connectivity index (χ0v) is 17.0. The minimum atomic E-state index is -0.0441. The zero-order valence-electron chi connectivity index (χ0n) is 17.0. The molecule has 1 amide bonds. The number of nitrogens with two attached hydrogens (primary N) is 1. The second-order valence-electron chi connectivity index (χ2n) is 7.07. The van der Waals surface area contributed by atoms with Crippen molar-refractivity contribution in [3.8, 4) is 0 Å². The third-order valence-electron chi connectivity index (χ3n) is 3.98. The lowest BCUT2D eigenvalue weighted by atomic mass is 10.0. The van der Waals surface area contributed by atoms with Gasteiger partial charge in [0.1, 0.15) is 0 Å². The van der Waals surface area contributed by atoms with Crippen LogP contribution in [0.5, 0.6) is 0 Å². The Morgan fingerprint density at radius 2 is 1.28 bits per heavy atom. The Kier molecular flexibility index (Phi) is 13.8. The Hall–Kier alpha value is -1.61. The van der Waals surface area contributed by atoms with Crippen molar-refractivity contribution in [2.45, 2.75) is 73.1 Å². The van der Waals surface area contributed by atoms with Gasteiger partial charge in [0.2, 0.25) is 5.91 Å².